The Morgan fingerprint density at radius 1 is 1.00 bits per heavy atom. The summed E-state index contributed by atoms with van der Waals surface area (Å²) >= 11 is 0. The maximum Gasteiger partial charge on any atom is 0.300 e. The van der Waals surface area contributed by atoms with E-state index in [9.17, 15) is 9.59 Å². The van der Waals surface area contributed by atoms with Crippen molar-refractivity contribution in [2.45, 2.75) is 26.7 Å². The highest BCUT2D eigenvalue weighted by Crippen LogP contribution is 2.13. The lowest BCUT2D eigenvalue weighted by atomic mass is 10.1. The smallest absolute Gasteiger partial charge is 0.300 e. The fourth-order valence-electron chi connectivity index (χ4n) is 3.37. The zero-order valence-electron chi connectivity index (χ0n) is 16.3. The van der Waals surface area contributed by atoms with E-state index in [1.54, 1.807) is 21.4 Å². The Morgan fingerprint density at radius 2 is 1.72 bits per heavy atom. The highest BCUT2D eigenvalue weighted by molar-refractivity contribution is 5.90. The molecule has 0 saturated carbocycles. The van der Waals surface area contributed by atoms with Crippen LogP contribution < -0.4 is 10.9 Å². The van der Waals surface area contributed by atoms with Crippen molar-refractivity contribution in [1.29, 1.82) is 0 Å². The quantitative estimate of drug-likeness (QED) is 0.571. The van der Waals surface area contributed by atoms with Crippen molar-refractivity contribution in [1.82, 2.24) is 19.2 Å². The van der Waals surface area contributed by atoms with Gasteiger partial charge in [0.25, 0.3) is 0 Å². The summed E-state index contributed by atoms with van der Waals surface area (Å²) in [7, 11) is 0. The first-order valence-corrected chi connectivity index (χ1v) is 9.40. The number of aryl methyl sites for hydroxylation is 3. The van der Waals surface area contributed by atoms with Crippen molar-refractivity contribution < 1.29 is 4.79 Å². The molecule has 2 heterocycles. The van der Waals surface area contributed by atoms with Crippen molar-refractivity contribution >= 4 is 17.2 Å². The zero-order valence-corrected chi connectivity index (χ0v) is 16.3. The van der Waals surface area contributed by atoms with Crippen LogP contribution in [0.5, 0.6) is 0 Å². The lowest BCUT2D eigenvalue weighted by Gasteiger charge is -2.09. The Balaban J connectivity index is 1.56. The molecule has 29 heavy (non-hydrogen) atoms. The molecule has 1 amide bonds. The summed E-state index contributed by atoms with van der Waals surface area (Å²) in [5.74, 6) is 0.462. The normalized spacial score (nSPS) is 11.0. The maximum atomic E-state index is 12.9. The van der Waals surface area contributed by atoms with Crippen LogP contribution in [0, 0.1) is 13.8 Å². The van der Waals surface area contributed by atoms with Crippen LogP contribution in [0.4, 0.5) is 5.69 Å². The van der Waals surface area contributed by atoms with E-state index in [4.69, 9.17) is 0 Å². The molecule has 0 bridgehead atoms. The van der Waals surface area contributed by atoms with Gasteiger partial charge in [0, 0.05) is 36.6 Å². The van der Waals surface area contributed by atoms with Crippen LogP contribution in [0.3, 0.4) is 0 Å². The monoisotopic (exact) mass is 387 g/mol. The van der Waals surface area contributed by atoms with Gasteiger partial charge in [-0.3, -0.25) is 18.6 Å². The summed E-state index contributed by atoms with van der Waals surface area (Å²) in [4.78, 5) is 25.1. The topological polar surface area (TPSA) is 81.3 Å². The van der Waals surface area contributed by atoms with Crippen molar-refractivity contribution in [2.75, 3.05) is 5.32 Å². The van der Waals surface area contributed by atoms with Crippen molar-refractivity contribution in [3.8, 4) is 5.69 Å². The van der Waals surface area contributed by atoms with Gasteiger partial charge in [-0.15, -0.1) is 10.2 Å². The summed E-state index contributed by atoms with van der Waals surface area (Å²) in [5.41, 5.74) is 3.70. The van der Waals surface area contributed by atoms with Gasteiger partial charge in [-0.1, -0.05) is 24.3 Å². The number of nitrogens with zero attached hydrogens (tertiary/aromatic N) is 4. The molecule has 0 radical (unpaired) electrons. The standard InChI is InChI=1S/C22H21N5O2/c1-15-12-16(2)14-18(13-15)26-10-11-27-19(24-25-21(27)22(26)29)8-9-20(28)23-17-6-4-3-5-7-17/h3-7,10-14H,8-9H2,1-2H3,(H,23,28). The fraction of sp³-hybridized carbons (Fsp3) is 0.182. The van der Waals surface area contributed by atoms with Crippen molar-refractivity contribution in [3.05, 3.63) is 88.2 Å². The van der Waals surface area contributed by atoms with Gasteiger partial charge in [0.15, 0.2) is 0 Å². The van der Waals surface area contributed by atoms with Crippen molar-refractivity contribution in [3.63, 3.8) is 0 Å². The number of rotatable bonds is 5. The largest absolute Gasteiger partial charge is 0.326 e. The summed E-state index contributed by atoms with van der Waals surface area (Å²) in [5, 5.41) is 11.0. The van der Waals surface area contributed by atoms with E-state index in [1.807, 2.05) is 56.3 Å². The molecule has 4 rings (SSSR count). The van der Waals surface area contributed by atoms with E-state index in [2.05, 4.69) is 21.6 Å². The highest BCUT2D eigenvalue weighted by Gasteiger charge is 2.13. The van der Waals surface area contributed by atoms with Crippen LogP contribution in [-0.2, 0) is 11.2 Å². The molecule has 2 aromatic carbocycles. The summed E-state index contributed by atoms with van der Waals surface area (Å²) in [6, 6.07) is 15.3. The van der Waals surface area contributed by atoms with Crippen LogP contribution in [0.1, 0.15) is 23.4 Å². The number of hydrogen-bond acceptors (Lipinski definition) is 4. The third-order valence-corrected chi connectivity index (χ3v) is 4.66. The SMILES string of the molecule is Cc1cc(C)cc(-n2ccn3c(CCC(=O)Nc4ccccc4)nnc3c2=O)c1. The first-order chi connectivity index (χ1) is 14.0. The number of carbonyl (C=O) groups excluding carboxylic acids is 1. The van der Waals surface area contributed by atoms with Crippen LogP contribution >= 0.6 is 0 Å². The third-order valence-electron chi connectivity index (χ3n) is 4.66. The molecule has 0 atom stereocenters. The Bertz CT molecular complexity index is 1220. The van der Waals surface area contributed by atoms with Crippen LogP contribution in [0.2, 0.25) is 0 Å². The van der Waals surface area contributed by atoms with Gasteiger partial charge < -0.3 is 5.32 Å². The number of benzene rings is 2. The second-order valence-electron chi connectivity index (χ2n) is 7.04. The van der Waals surface area contributed by atoms with E-state index in [0.717, 1.165) is 22.5 Å². The average molecular weight is 387 g/mol. The van der Waals surface area contributed by atoms with Gasteiger partial charge in [0.1, 0.15) is 5.82 Å². The number of para-hydroxylation sites is 1. The van der Waals surface area contributed by atoms with E-state index in [-0.39, 0.29) is 23.5 Å². The number of nitrogens with one attached hydrogen (secondary N) is 1. The molecule has 2 aromatic heterocycles. The molecule has 0 fully saturated rings. The number of anilines is 1. The maximum absolute atomic E-state index is 12.9. The molecule has 0 aliphatic rings. The molecular weight excluding hydrogens is 366 g/mol. The number of aromatic nitrogens is 4. The Labute approximate surface area is 167 Å². The van der Waals surface area contributed by atoms with Gasteiger partial charge in [-0.2, -0.15) is 0 Å². The molecule has 7 heteroatoms. The van der Waals surface area contributed by atoms with Gasteiger partial charge in [-0.25, -0.2) is 0 Å². The Morgan fingerprint density at radius 3 is 2.45 bits per heavy atom. The second-order valence-corrected chi connectivity index (χ2v) is 7.04. The van der Waals surface area contributed by atoms with Gasteiger partial charge in [-0.05, 0) is 49.2 Å². The van der Waals surface area contributed by atoms with Crippen LogP contribution in [0.15, 0.2) is 65.7 Å². The van der Waals surface area contributed by atoms with Gasteiger partial charge >= 0.3 is 5.56 Å². The molecule has 0 aliphatic heterocycles. The van der Waals surface area contributed by atoms with E-state index >= 15 is 0 Å². The molecule has 0 spiro atoms. The minimum atomic E-state index is -0.245. The molecule has 146 valence electrons. The average Bonchev–Trinajstić information content (AvgIpc) is 3.11. The van der Waals surface area contributed by atoms with Gasteiger partial charge in [0.2, 0.25) is 11.6 Å². The predicted octanol–water partition coefficient (Wildman–Crippen LogP) is 3.07. The molecule has 0 aliphatic carbocycles. The van der Waals surface area contributed by atoms with E-state index in [0.29, 0.717) is 12.2 Å². The predicted molar refractivity (Wildman–Crippen MR) is 111 cm³/mol. The zero-order chi connectivity index (χ0) is 20.4. The number of fused-ring (bicyclic) bond motifs is 1. The number of carbonyl (C=O) groups is 1. The minimum absolute atomic E-state index is 0.114. The molecule has 0 saturated heterocycles. The Hall–Kier alpha value is -3.74. The fourth-order valence-corrected chi connectivity index (χ4v) is 3.37. The van der Waals surface area contributed by atoms with Crippen molar-refractivity contribution in [2.24, 2.45) is 0 Å². The molecule has 1 N–H and O–H groups in total. The number of amides is 1. The molecular formula is C22H21N5O2. The third kappa shape index (κ3) is 3.94. The lowest BCUT2D eigenvalue weighted by molar-refractivity contribution is -0.116. The lowest BCUT2D eigenvalue weighted by Crippen LogP contribution is -2.20. The van der Waals surface area contributed by atoms with Gasteiger partial charge in [0.05, 0.1) is 0 Å². The highest BCUT2D eigenvalue weighted by atomic mass is 16.1. The van der Waals surface area contributed by atoms with Crippen LogP contribution in [-0.4, -0.2) is 25.1 Å². The Kier molecular flexibility index (Phi) is 4.95. The summed E-state index contributed by atoms with van der Waals surface area (Å²) in [6.07, 6.45) is 4.10. The first-order valence-electron chi connectivity index (χ1n) is 9.40. The molecule has 7 nitrogen and oxygen atoms in total. The summed E-state index contributed by atoms with van der Waals surface area (Å²) < 4.78 is 3.22. The van der Waals surface area contributed by atoms with E-state index in [1.165, 1.54) is 0 Å². The number of hydrogen-bond donors (Lipinski definition) is 1. The summed E-state index contributed by atoms with van der Waals surface area (Å²) in [6.45, 7) is 3.99. The second kappa shape index (κ2) is 7.71. The first kappa shape index (κ1) is 18.6. The molecule has 0 unspecified atom stereocenters. The van der Waals surface area contributed by atoms with Crippen LogP contribution in [0.25, 0.3) is 11.3 Å². The minimum Gasteiger partial charge on any atom is -0.326 e. The molecule has 4 aromatic rings. The van der Waals surface area contributed by atoms with E-state index < -0.39 is 0 Å².